The van der Waals surface area contributed by atoms with E-state index in [9.17, 15) is 5.11 Å². The number of benzene rings is 1. The van der Waals surface area contributed by atoms with Crippen molar-refractivity contribution in [3.05, 3.63) is 35.4 Å². The van der Waals surface area contributed by atoms with E-state index >= 15 is 0 Å². The van der Waals surface area contributed by atoms with Gasteiger partial charge in [-0.05, 0) is 30.4 Å². The minimum Gasteiger partial charge on any atom is -0.387 e. The van der Waals surface area contributed by atoms with Crippen LogP contribution in [0, 0.1) is 0 Å². The molecule has 0 radical (unpaired) electrons. The molecule has 1 fully saturated rings. The van der Waals surface area contributed by atoms with E-state index in [2.05, 4.69) is 24.0 Å². The van der Waals surface area contributed by atoms with Crippen molar-refractivity contribution in [3.8, 4) is 0 Å². The second-order valence-corrected chi connectivity index (χ2v) is 5.35. The molecule has 1 atom stereocenters. The summed E-state index contributed by atoms with van der Waals surface area (Å²) in [6.45, 7) is 4.90. The Bertz CT molecular complexity index is 369. The van der Waals surface area contributed by atoms with Crippen LogP contribution in [0.3, 0.4) is 0 Å². The quantitative estimate of drug-likeness (QED) is 0.885. The third-order valence-corrected chi connectivity index (χ3v) is 4.07. The molecule has 1 unspecified atom stereocenters. The maximum Gasteiger partial charge on any atom is 0.0916 e. The fraction of sp³-hybridized carbons (Fsp3) is 0.625. The monoisotopic (exact) mass is 263 g/mol. The lowest BCUT2D eigenvalue weighted by atomic mass is 10.0. The first kappa shape index (κ1) is 14.5. The number of hydrogen-bond donors (Lipinski definition) is 1. The van der Waals surface area contributed by atoms with Crippen LogP contribution in [0.4, 0.5) is 0 Å². The van der Waals surface area contributed by atoms with Crippen LogP contribution < -0.4 is 0 Å². The fourth-order valence-corrected chi connectivity index (χ4v) is 2.65. The molecule has 1 aromatic carbocycles. The SMILES string of the molecule is CCc1ccc(C(O)CN2CCC(OC)CC2)cc1. The molecule has 3 nitrogen and oxygen atoms in total. The van der Waals surface area contributed by atoms with Gasteiger partial charge in [-0.1, -0.05) is 31.2 Å². The van der Waals surface area contributed by atoms with Crippen LogP contribution in [-0.2, 0) is 11.2 Å². The van der Waals surface area contributed by atoms with Crippen LogP contribution >= 0.6 is 0 Å². The molecule has 0 amide bonds. The molecule has 1 N–H and O–H groups in total. The summed E-state index contributed by atoms with van der Waals surface area (Å²) in [5.41, 5.74) is 2.34. The molecule has 0 aromatic heterocycles. The zero-order valence-corrected chi connectivity index (χ0v) is 12.0. The van der Waals surface area contributed by atoms with Gasteiger partial charge in [0.25, 0.3) is 0 Å². The first-order valence-electron chi connectivity index (χ1n) is 7.25. The van der Waals surface area contributed by atoms with Crippen molar-refractivity contribution in [1.29, 1.82) is 0 Å². The number of nitrogens with zero attached hydrogens (tertiary/aromatic N) is 1. The lowest BCUT2D eigenvalue weighted by Crippen LogP contribution is -2.38. The van der Waals surface area contributed by atoms with E-state index < -0.39 is 0 Å². The van der Waals surface area contributed by atoms with Gasteiger partial charge >= 0.3 is 0 Å². The maximum atomic E-state index is 10.3. The largest absolute Gasteiger partial charge is 0.387 e. The van der Waals surface area contributed by atoms with Crippen LogP contribution in [-0.4, -0.2) is 42.9 Å². The van der Waals surface area contributed by atoms with E-state index in [1.165, 1.54) is 5.56 Å². The summed E-state index contributed by atoms with van der Waals surface area (Å²) >= 11 is 0. The van der Waals surface area contributed by atoms with E-state index in [0.717, 1.165) is 44.5 Å². The average Bonchev–Trinajstić information content (AvgIpc) is 2.48. The Kier molecular flexibility index (Phi) is 5.37. The number of β-amino-alcohol motifs (C(OH)–C–C–N with tert-alkyl or cyclic N) is 1. The molecule has 1 aromatic rings. The van der Waals surface area contributed by atoms with Crippen molar-refractivity contribution >= 4 is 0 Å². The van der Waals surface area contributed by atoms with E-state index in [4.69, 9.17) is 4.74 Å². The molecule has 1 aliphatic heterocycles. The smallest absolute Gasteiger partial charge is 0.0916 e. The highest BCUT2D eigenvalue weighted by Crippen LogP contribution is 2.19. The topological polar surface area (TPSA) is 32.7 Å². The Hall–Kier alpha value is -0.900. The lowest BCUT2D eigenvalue weighted by Gasteiger charge is -2.32. The van der Waals surface area contributed by atoms with Gasteiger partial charge in [0.15, 0.2) is 0 Å². The van der Waals surface area contributed by atoms with E-state index in [0.29, 0.717) is 6.10 Å². The number of methoxy groups -OCH3 is 1. The van der Waals surface area contributed by atoms with Gasteiger partial charge in [-0.3, -0.25) is 0 Å². The van der Waals surface area contributed by atoms with Crippen molar-refractivity contribution < 1.29 is 9.84 Å². The minimum atomic E-state index is -0.384. The van der Waals surface area contributed by atoms with Crippen LogP contribution in [0.1, 0.15) is 37.0 Å². The molecular weight excluding hydrogens is 238 g/mol. The molecule has 1 heterocycles. The second-order valence-electron chi connectivity index (χ2n) is 5.35. The zero-order chi connectivity index (χ0) is 13.7. The van der Waals surface area contributed by atoms with E-state index in [1.54, 1.807) is 7.11 Å². The third-order valence-electron chi connectivity index (χ3n) is 4.07. The number of aliphatic hydroxyl groups excluding tert-OH is 1. The number of ether oxygens (including phenoxy) is 1. The predicted octanol–water partition coefficient (Wildman–Crippen LogP) is 2.39. The van der Waals surface area contributed by atoms with Crippen molar-refractivity contribution in [2.75, 3.05) is 26.7 Å². The van der Waals surface area contributed by atoms with Crippen molar-refractivity contribution in [1.82, 2.24) is 4.90 Å². The van der Waals surface area contributed by atoms with E-state index in [1.807, 2.05) is 12.1 Å². The van der Waals surface area contributed by atoms with Gasteiger partial charge in [-0.25, -0.2) is 0 Å². The highest BCUT2D eigenvalue weighted by molar-refractivity contribution is 5.24. The number of hydrogen-bond acceptors (Lipinski definition) is 3. The Balaban J connectivity index is 1.85. The van der Waals surface area contributed by atoms with Crippen molar-refractivity contribution in [2.24, 2.45) is 0 Å². The van der Waals surface area contributed by atoms with Crippen LogP contribution in [0.15, 0.2) is 24.3 Å². The summed E-state index contributed by atoms with van der Waals surface area (Å²) in [6.07, 6.45) is 3.19. The molecule has 0 saturated carbocycles. The standard InChI is InChI=1S/C16H25NO2/c1-3-13-4-6-14(7-5-13)16(18)12-17-10-8-15(19-2)9-11-17/h4-7,15-16,18H,3,8-12H2,1-2H3. The first-order chi connectivity index (χ1) is 9.22. The number of aryl methyl sites for hydroxylation is 1. The molecule has 1 saturated heterocycles. The van der Waals surface area contributed by atoms with Crippen molar-refractivity contribution in [2.45, 2.75) is 38.4 Å². The second kappa shape index (κ2) is 7.04. The molecule has 0 aliphatic carbocycles. The predicted molar refractivity (Wildman–Crippen MR) is 77.3 cm³/mol. The number of rotatable bonds is 5. The summed E-state index contributed by atoms with van der Waals surface area (Å²) in [6, 6.07) is 8.31. The van der Waals surface area contributed by atoms with Crippen LogP contribution in [0.2, 0.25) is 0 Å². The average molecular weight is 263 g/mol. The fourth-order valence-electron chi connectivity index (χ4n) is 2.65. The highest BCUT2D eigenvalue weighted by Gasteiger charge is 2.21. The molecule has 2 rings (SSSR count). The molecule has 19 heavy (non-hydrogen) atoms. The van der Waals surface area contributed by atoms with Gasteiger partial charge in [-0.2, -0.15) is 0 Å². The van der Waals surface area contributed by atoms with Crippen LogP contribution in [0.25, 0.3) is 0 Å². The molecular formula is C16H25NO2. The molecule has 106 valence electrons. The van der Waals surface area contributed by atoms with Gasteiger partial charge in [0.1, 0.15) is 0 Å². The van der Waals surface area contributed by atoms with E-state index in [-0.39, 0.29) is 6.10 Å². The Morgan fingerprint density at radius 3 is 2.42 bits per heavy atom. The zero-order valence-electron chi connectivity index (χ0n) is 12.0. The lowest BCUT2D eigenvalue weighted by molar-refractivity contribution is 0.0242. The normalized spacial score (nSPS) is 19.5. The van der Waals surface area contributed by atoms with Crippen LogP contribution in [0.5, 0.6) is 0 Å². The molecule has 0 bridgehead atoms. The Morgan fingerprint density at radius 1 is 1.26 bits per heavy atom. The minimum absolute atomic E-state index is 0.384. The summed E-state index contributed by atoms with van der Waals surface area (Å²) in [5.74, 6) is 0. The van der Waals surface area contributed by atoms with Gasteiger partial charge in [0, 0.05) is 26.7 Å². The number of likely N-dealkylation sites (tertiary alicyclic amines) is 1. The van der Waals surface area contributed by atoms with Gasteiger partial charge in [-0.15, -0.1) is 0 Å². The van der Waals surface area contributed by atoms with Gasteiger partial charge in [0.05, 0.1) is 12.2 Å². The first-order valence-corrected chi connectivity index (χ1v) is 7.25. The Labute approximate surface area is 116 Å². The maximum absolute atomic E-state index is 10.3. The number of piperidine rings is 1. The van der Waals surface area contributed by atoms with Crippen molar-refractivity contribution in [3.63, 3.8) is 0 Å². The van der Waals surface area contributed by atoms with Gasteiger partial charge in [0.2, 0.25) is 0 Å². The van der Waals surface area contributed by atoms with Gasteiger partial charge < -0.3 is 14.7 Å². The highest BCUT2D eigenvalue weighted by atomic mass is 16.5. The summed E-state index contributed by atoms with van der Waals surface area (Å²) < 4.78 is 5.37. The number of aliphatic hydroxyl groups is 1. The summed E-state index contributed by atoms with van der Waals surface area (Å²) in [4.78, 5) is 2.33. The summed E-state index contributed by atoms with van der Waals surface area (Å²) in [5, 5.41) is 10.3. The molecule has 3 heteroatoms. The Morgan fingerprint density at radius 2 is 1.89 bits per heavy atom. The molecule has 1 aliphatic rings. The molecule has 0 spiro atoms. The summed E-state index contributed by atoms with van der Waals surface area (Å²) in [7, 11) is 1.78. The third kappa shape index (κ3) is 4.03.